The molecule has 0 bridgehead atoms. The summed E-state index contributed by atoms with van der Waals surface area (Å²) in [6.07, 6.45) is 0.827. The summed E-state index contributed by atoms with van der Waals surface area (Å²) < 4.78 is 0. The normalized spacial score (nSPS) is 12.5. The van der Waals surface area contributed by atoms with Gasteiger partial charge in [0.05, 0.1) is 6.04 Å². The van der Waals surface area contributed by atoms with E-state index < -0.39 is 0 Å². The molecule has 1 aromatic rings. The first-order valence-electron chi connectivity index (χ1n) is 6.22. The Balaban J connectivity index is 2.55. The topological polar surface area (TPSA) is 41.1 Å². The maximum atomic E-state index is 11.7. The van der Waals surface area contributed by atoms with Crippen LogP contribution in [0, 0.1) is 5.92 Å². The molecule has 0 spiro atoms. The smallest absolute Gasteiger partial charge is 0.236 e. The Morgan fingerprint density at radius 2 is 1.89 bits per heavy atom. The monoisotopic (exact) mass is 268 g/mol. The molecule has 4 heteroatoms. The van der Waals surface area contributed by atoms with E-state index in [1.54, 1.807) is 7.05 Å². The molecule has 0 aliphatic rings. The van der Waals surface area contributed by atoms with Crippen LogP contribution in [0.4, 0.5) is 0 Å². The minimum Gasteiger partial charge on any atom is -0.358 e. The summed E-state index contributed by atoms with van der Waals surface area (Å²) in [6, 6.07) is 7.49. The van der Waals surface area contributed by atoms with Crippen molar-refractivity contribution in [1.82, 2.24) is 10.6 Å². The second-order valence-corrected chi connectivity index (χ2v) is 5.24. The summed E-state index contributed by atoms with van der Waals surface area (Å²) in [6.45, 7) is 4.89. The number of carbonyl (C=O) groups excluding carboxylic acids is 1. The first-order valence-corrected chi connectivity index (χ1v) is 6.60. The molecule has 100 valence electrons. The average molecular weight is 269 g/mol. The molecule has 18 heavy (non-hydrogen) atoms. The molecule has 0 saturated heterocycles. The lowest BCUT2D eigenvalue weighted by molar-refractivity contribution is -0.123. The highest BCUT2D eigenvalue weighted by molar-refractivity contribution is 6.30. The van der Waals surface area contributed by atoms with E-state index >= 15 is 0 Å². The van der Waals surface area contributed by atoms with E-state index in [4.69, 9.17) is 11.6 Å². The quantitative estimate of drug-likeness (QED) is 0.833. The van der Waals surface area contributed by atoms with Crippen LogP contribution in [-0.2, 0) is 11.3 Å². The minimum absolute atomic E-state index is 0.0395. The highest BCUT2D eigenvalue weighted by atomic mass is 35.5. The molecule has 0 heterocycles. The molecule has 2 N–H and O–H groups in total. The third-order valence-corrected chi connectivity index (χ3v) is 2.99. The Kier molecular flexibility index (Phi) is 6.16. The standard InChI is InChI=1S/C14H21ClN2O/c1-10(2)8-13(14(18)16-3)17-9-11-4-6-12(15)7-5-11/h4-7,10,13,17H,8-9H2,1-3H3,(H,16,18). The third kappa shape index (κ3) is 5.07. The summed E-state index contributed by atoms with van der Waals surface area (Å²) in [7, 11) is 1.67. The Hall–Kier alpha value is -1.06. The van der Waals surface area contributed by atoms with Crippen molar-refractivity contribution in [3.63, 3.8) is 0 Å². The fraction of sp³-hybridized carbons (Fsp3) is 0.500. The highest BCUT2D eigenvalue weighted by Crippen LogP contribution is 2.10. The Morgan fingerprint density at radius 1 is 1.28 bits per heavy atom. The van der Waals surface area contributed by atoms with Crippen molar-refractivity contribution in [3.8, 4) is 0 Å². The summed E-state index contributed by atoms with van der Waals surface area (Å²) in [4.78, 5) is 11.7. The van der Waals surface area contributed by atoms with Gasteiger partial charge in [-0.1, -0.05) is 37.6 Å². The van der Waals surface area contributed by atoms with Gasteiger partial charge in [-0.25, -0.2) is 0 Å². The Bertz CT molecular complexity index is 376. The van der Waals surface area contributed by atoms with Gasteiger partial charge in [-0.3, -0.25) is 4.79 Å². The van der Waals surface area contributed by atoms with Gasteiger partial charge in [-0.15, -0.1) is 0 Å². The number of hydrogen-bond donors (Lipinski definition) is 2. The zero-order chi connectivity index (χ0) is 13.5. The van der Waals surface area contributed by atoms with E-state index in [1.165, 1.54) is 0 Å². The molecule has 1 atom stereocenters. The SMILES string of the molecule is CNC(=O)C(CC(C)C)NCc1ccc(Cl)cc1. The van der Waals surface area contributed by atoms with Gasteiger partial charge in [0.25, 0.3) is 0 Å². The maximum absolute atomic E-state index is 11.7. The number of halogens is 1. The van der Waals surface area contributed by atoms with E-state index in [0.717, 1.165) is 17.0 Å². The first-order chi connectivity index (χ1) is 8.52. The van der Waals surface area contributed by atoms with Gasteiger partial charge < -0.3 is 10.6 Å². The predicted molar refractivity (Wildman–Crippen MR) is 75.6 cm³/mol. The number of rotatable bonds is 6. The van der Waals surface area contributed by atoms with Crippen molar-refractivity contribution in [2.75, 3.05) is 7.05 Å². The Morgan fingerprint density at radius 3 is 2.39 bits per heavy atom. The second kappa shape index (κ2) is 7.39. The van der Waals surface area contributed by atoms with E-state index in [-0.39, 0.29) is 11.9 Å². The molecule has 0 saturated carbocycles. The van der Waals surface area contributed by atoms with Crippen LogP contribution in [0.25, 0.3) is 0 Å². The van der Waals surface area contributed by atoms with E-state index in [2.05, 4.69) is 24.5 Å². The number of benzene rings is 1. The summed E-state index contributed by atoms with van der Waals surface area (Å²) in [5, 5.41) is 6.70. The van der Waals surface area contributed by atoms with Crippen LogP contribution < -0.4 is 10.6 Å². The number of carbonyl (C=O) groups is 1. The van der Waals surface area contributed by atoms with Gasteiger partial charge in [0.15, 0.2) is 0 Å². The highest BCUT2D eigenvalue weighted by Gasteiger charge is 2.17. The number of hydrogen-bond acceptors (Lipinski definition) is 2. The molecule has 1 unspecified atom stereocenters. The predicted octanol–water partition coefficient (Wildman–Crippen LogP) is 2.59. The van der Waals surface area contributed by atoms with Crippen LogP contribution >= 0.6 is 11.6 Å². The van der Waals surface area contributed by atoms with Crippen LogP contribution in [0.5, 0.6) is 0 Å². The van der Waals surface area contributed by atoms with Crippen LogP contribution in [0.2, 0.25) is 5.02 Å². The number of nitrogens with one attached hydrogen (secondary N) is 2. The van der Waals surface area contributed by atoms with Gasteiger partial charge in [0.2, 0.25) is 5.91 Å². The van der Waals surface area contributed by atoms with Gasteiger partial charge in [-0.05, 0) is 30.0 Å². The van der Waals surface area contributed by atoms with Crippen molar-refractivity contribution in [2.24, 2.45) is 5.92 Å². The lowest BCUT2D eigenvalue weighted by Gasteiger charge is -2.19. The maximum Gasteiger partial charge on any atom is 0.236 e. The molecule has 1 aromatic carbocycles. The zero-order valence-corrected chi connectivity index (χ0v) is 11.9. The molecule has 0 aliphatic carbocycles. The second-order valence-electron chi connectivity index (χ2n) is 4.80. The fourth-order valence-electron chi connectivity index (χ4n) is 1.77. The first kappa shape index (κ1) is 15.0. The van der Waals surface area contributed by atoms with Crippen molar-refractivity contribution in [1.29, 1.82) is 0 Å². The van der Waals surface area contributed by atoms with Crippen LogP contribution in [-0.4, -0.2) is 19.0 Å². The largest absolute Gasteiger partial charge is 0.358 e. The summed E-state index contributed by atoms with van der Waals surface area (Å²) >= 11 is 5.83. The van der Waals surface area contributed by atoms with Crippen molar-refractivity contribution in [2.45, 2.75) is 32.9 Å². The Labute approximate surface area is 114 Å². The molecule has 0 aromatic heterocycles. The average Bonchev–Trinajstić information content (AvgIpc) is 2.35. The zero-order valence-electron chi connectivity index (χ0n) is 11.2. The van der Waals surface area contributed by atoms with Crippen molar-refractivity contribution < 1.29 is 4.79 Å². The molecular weight excluding hydrogens is 248 g/mol. The van der Waals surface area contributed by atoms with E-state index in [1.807, 2.05) is 24.3 Å². The van der Waals surface area contributed by atoms with Crippen molar-refractivity contribution in [3.05, 3.63) is 34.9 Å². The summed E-state index contributed by atoms with van der Waals surface area (Å²) in [5.41, 5.74) is 1.12. The lowest BCUT2D eigenvalue weighted by Crippen LogP contribution is -2.43. The number of amides is 1. The lowest BCUT2D eigenvalue weighted by atomic mass is 10.0. The number of likely N-dealkylation sites (N-methyl/N-ethyl adjacent to an activating group) is 1. The van der Waals surface area contributed by atoms with Crippen molar-refractivity contribution >= 4 is 17.5 Å². The molecule has 1 rings (SSSR count). The van der Waals surface area contributed by atoms with Gasteiger partial charge in [0.1, 0.15) is 0 Å². The van der Waals surface area contributed by atoms with Crippen LogP contribution in [0.15, 0.2) is 24.3 Å². The molecule has 0 fully saturated rings. The molecule has 1 amide bonds. The molecule has 3 nitrogen and oxygen atoms in total. The fourth-order valence-corrected chi connectivity index (χ4v) is 1.90. The van der Waals surface area contributed by atoms with Crippen LogP contribution in [0.3, 0.4) is 0 Å². The van der Waals surface area contributed by atoms with Gasteiger partial charge >= 0.3 is 0 Å². The third-order valence-electron chi connectivity index (χ3n) is 2.74. The molecular formula is C14H21ClN2O. The molecule has 0 aliphatic heterocycles. The van der Waals surface area contributed by atoms with E-state index in [9.17, 15) is 4.79 Å². The minimum atomic E-state index is -0.148. The van der Waals surface area contributed by atoms with E-state index in [0.29, 0.717) is 12.5 Å². The summed E-state index contributed by atoms with van der Waals surface area (Å²) in [5.74, 6) is 0.516. The molecule has 0 radical (unpaired) electrons. The van der Waals surface area contributed by atoms with Crippen LogP contribution in [0.1, 0.15) is 25.8 Å². The van der Waals surface area contributed by atoms with Gasteiger partial charge in [-0.2, -0.15) is 0 Å². The van der Waals surface area contributed by atoms with Gasteiger partial charge in [0, 0.05) is 18.6 Å².